The fraction of sp³-hybridized carbons (Fsp3) is 0.636. The molecule has 0 radical (unpaired) electrons. The molecule has 0 saturated heterocycles. The molecule has 27 heavy (non-hydrogen) atoms. The van der Waals surface area contributed by atoms with Crippen LogP contribution in [0.2, 0.25) is 0 Å². The van der Waals surface area contributed by atoms with Crippen molar-refractivity contribution in [1.29, 1.82) is 0 Å². The lowest BCUT2D eigenvalue weighted by Gasteiger charge is -2.75. The molecule has 3 aliphatic rings. The molecule has 3 N–H and O–H groups in total. The van der Waals surface area contributed by atoms with Gasteiger partial charge < -0.3 is 15.6 Å². The number of anilines is 1. The van der Waals surface area contributed by atoms with Crippen molar-refractivity contribution in [3.05, 3.63) is 24.0 Å². The Morgan fingerprint density at radius 2 is 1.81 bits per heavy atom. The molecule has 2 bridgehead atoms. The second-order valence-electron chi connectivity index (χ2n) is 10.3. The van der Waals surface area contributed by atoms with Crippen molar-refractivity contribution in [3.8, 4) is 0 Å². The number of fused-ring (bicyclic) bond motifs is 3. The third-order valence-electron chi connectivity index (χ3n) is 7.75. The third-order valence-corrected chi connectivity index (χ3v) is 7.75. The van der Waals surface area contributed by atoms with Crippen molar-refractivity contribution in [3.63, 3.8) is 0 Å². The minimum absolute atomic E-state index is 0.0370. The molecule has 3 aliphatic carbocycles. The molecule has 0 unspecified atom stereocenters. The molecular weight excluding hydrogens is 336 g/mol. The maximum atomic E-state index is 13.0. The molecule has 1 atom stereocenters. The summed E-state index contributed by atoms with van der Waals surface area (Å²) in [5.41, 5.74) is 3.01. The molecule has 5 rings (SSSR count). The van der Waals surface area contributed by atoms with Gasteiger partial charge in [-0.2, -0.15) is 0 Å². The molecule has 0 aromatic carbocycles. The van der Waals surface area contributed by atoms with Crippen molar-refractivity contribution in [2.45, 2.75) is 54.0 Å². The standard InChI is InChI=1S/C22H32N4O/c1-20(2)15-11-16(22(5,6)19(20)21(15,3)4)26-18(27)14-10-12-13(23-7)8-9-24-17(12)25-14/h8-10,15-16,19H,11H2,1-7H3,(H,26,27)(H2,23,24,25)/t15?,16-,19?/m0/s1. The third kappa shape index (κ3) is 2.36. The number of hydrogen-bond acceptors (Lipinski definition) is 3. The van der Waals surface area contributed by atoms with E-state index in [0.29, 0.717) is 28.4 Å². The first-order valence-corrected chi connectivity index (χ1v) is 9.97. The SMILES string of the molecule is CNc1ccnc2[nH]c(C(=O)N[C@H]3CC4C(C)(C)C(C4(C)C)C3(C)C)cc12. The number of carbonyl (C=O) groups is 1. The maximum absolute atomic E-state index is 13.0. The van der Waals surface area contributed by atoms with Crippen LogP contribution in [-0.2, 0) is 0 Å². The number of nitrogens with zero attached hydrogens (tertiary/aromatic N) is 1. The second kappa shape index (κ2) is 5.49. The summed E-state index contributed by atoms with van der Waals surface area (Å²) in [6.45, 7) is 14.2. The van der Waals surface area contributed by atoms with Crippen LogP contribution in [0, 0.1) is 28.1 Å². The molecule has 5 heteroatoms. The Hall–Kier alpha value is -2.04. The number of nitrogens with one attached hydrogen (secondary N) is 3. The maximum Gasteiger partial charge on any atom is 0.268 e. The Balaban J connectivity index is 1.59. The summed E-state index contributed by atoms with van der Waals surface area (Å²) in [5, 5.41) is 7.44. The average Bonchev–Trinajstić information content (AvgIpc) is 2.99. The van der Waals surface area contributed by atoms with E-state index in [4.69, 9.17) is 0 Å². The van der Waals surface area contributed by atoms with Gasteiger partial charge in [-0.1, -0.05) is 41.5 Å². The van der Waals surface area contributed by atoms with Crippen LogP contribution >= 0.6 is 0 Å². The zero-order valence-corrected chi connectivity index (χ0v) is 17.5. The Morgan fingerprint density at radius 1 is 1.15 bits per heavy atom. The molecular formula is C22H32N4O. The van der Waals surface area contributed by atoms with Crippen molar-refractivity contribution in [2.75, 3.05) is 12.4 Å². The van der Waals surface area contributed by atoms with E-state index < -0.39 is 0 Å². The summed E-state index contributed by atoms with van der Waals surface area (Å²) >= 11 is 0. The van der Waals surface area contributed by atoms with E-state index in [1.54, 1.807) is 6.20 Å². The zero-order chi connectivity index (χ0) is 19.8. The van der Waals surface area contributed by atoms with Crippen molar-refractivity contribution in [2.24, 2.45) is 28.1 Å². The van der Waals surface area contributed by atoms with Gasteiger partial charge in [0.2, 0.25) is 0 Å². The lowest BCUT2D eigenvalue weighted by atomic mass is 9.30. The van der Waals surface area contributed by atoms with Crippen LogP contribution in [0.1, 0.15) is 58.5 Å². The number of rotatable bonds is 3. The van der Waals surface area contributed by atoms with E-state index in [2.05, 4.69) is 62.1 Å². The molecule has 2 heterocycles. The summed E-state index contributed by atoms with van der Waals surface area (Å²) in [6.07, 6.45) is 2.78. The van der Waals surface area contributed by atoms with Gasteiger partial charge in [0.15, 0.2) is 0 Å². The van der Waals surface area contributed by atoms with E-state index in [9.17, 15) is 4.79 Å². The minimum Gasteiger partial charge on any atom is -0.387 e. The van der Waals surface area contributed by atoms with Gasteiger partial charge in [-0.05, 0) is 46.6 Å². The van der Waals surface area contributed by atoms with Gasteiger partial charge in [-0.15, -0.1) is 0 Å². The number of aromatic amines is 1. The number of pyridine rings is 1. The highest BCUT2D eigenvalue weighted by Gasteiger charge is 2.70. The summed E-state index contributed by atoms with van der Waals surface area (Å²) in [7, 11) is 1.88. The number of aromatic nitrogens is 2. The van der Waals surface area contributed by atoms with Crippen molar-refractivity contribution < 1.29 is 4.79 Å². The lowest BCUT2D eigenvalue weighted by molar-refractivity contribution is -0.260. The second-order valence-corrected chi connectivity index (χ2v) is 10.3. The lowest BCUT2D eigenvalue weighted by Crippen LogP contribution is -2.73. The fourth-order valence-electron chi connectivity index (χ4n) is 7.34. The van der Waals surface area contributed by atoms with Crippen LogP contribution in [0.25, 0.3) is 11.0 Å². The van der Waals surface area contributed by atoms with Crippen LogP contribution in [0.3, 0.4) is 0 Å². The van der Waals surface area contributed by atoms with E-state index in [0.717, 1.165) is 23.1 Å². The van der Waals surface area contributed by atoms with Gasteiger partial charge in [0, 0.05) is 30.4 Å². The molecule has 2 aromatic heterocycles. The smallest absolute Gasteiger partial charge is 0.268 e. The number of hydrogen-bond donors (Lipinski definition) is 3. The molecule has 3 fully saturated rings. The van der Waals surface area contributed by atoms with Gasteiger partial charge >= 0.3 is 0 Å². The van der Waals surface area contributed by atoms with E-state index >= 15 is 0 Å². The summed E-state index contributed by atoms with van der Waals surface area (Å²) < 4.78 is 0. The first-order valence-electron chi connectivity index (χ1n) is 9.97. The summed E-state index contributed by atoms with van der Waals surface area (Å²) in [5.74, 6) is 1.18. The first-order chi connectivity index (χ1) is 12.5. The first kappa shape index (κ1) is 18.3. The zero-order valence-electron chi connectivity index (χ0n) is 17.5. The highest BCUT2D eigenvalue weighted by Crippen LogP contribution is 2.74. The summed E-state index contributed by atoms with van der Waals surface area (Å²) in [4.78, 5) is 20.6. The minimum atomic E-state index is -0.0370. The molecule has 0 aliphatic heterocycles. The summed E-state index contributed by atoms with van der Waals surface area (Å²) in [6, 6.07) is 4.00. The average molecular weight is 369 g/mol. The van der Waals surface area contributed by atoms with Crippen molar-refractivity contribution >= 4 is 22.6 Å². The molecule has 2 aromatic rings. The largest absolute Gasteiger partial charge is 0.387 e. The molecule has 0 spiro atoms. The quantitative estimate of drug-likeness (QED) is 0.750. The molecule has 5 nitrogen and oxygen atoms in total. The predicted octanol–water partition coefficient (Wildman–Crippen LogP) is 4.43. The highest BCUT2D eigenvalue weighted by atomic mass is 16.2. The predicted molar refractivity (Wildman–Crippen MR) is 110 cm³/mol. The van der Waals surface area contributed by atoms with E-state index in [1.165, 1.54) is 0 Å². The fourth-order valence-corrected chi connectivity index (χ4v) is 7.34. The normalized spacial score (nSPS) is 29.8. The number of carbonyl (C=O) groups excluding carboxylic acids is 1. The Labute approximate surface area is 161 Å². The highest BCUT2D eigenvalue weighted by molar-refractivity contribution is 6.00. The Morgan fingerprint density at radius 3 is 2.41 bits per heavy atom. The topological polar surface area (TPSA) is 69.8 Å². The molecule has 3 saturated carbocycles. The molecule has 1 amide bonds. The van der Waals surface area contributed by atoms with Crippen LogP contribution in [-0.4, -0.2) is 29.0 Å². The van der Waals surface area contributed by atoms with Crippen LogP contribution in [0.4, 0.5) is 5.69 Å². The monoisotopic (exact) mass is 368 g/mol. The van der Waals surface area contributed by atoms with Gasteiger partial charge in [0.25, 0.3) is 5.91 Å². The Kier molecular flexibility index (Phi) is 3.73. The van der Waals surface area contributed by atoms with Gasteiger partial charge in [-0.3, -0.25) is 4.79 Å². The van der Waals surface area contributed by atoms with Crippen LogP contribution in [0.15, 0.2) is 18.3 Å². The number of amides is 1. The van der Waals surface area contributed by atoms with Gasteiger partial charge in [-0.25, -0.2) is 4.98 Å². The van der Waals surface area contributed by atoms with Gasteiger partial charge in [0.1, 0.15) is 11.3 Å². The van der Waals surface area contributed by atoms with E-state index in [1.807, 2.05) is 19.2 Å². The van der Waals surface area contributed by atoms with Crippen LogP contribution < -0.4 is 10.6 Å². The van der Waals surface area contributed by atoms with E-state index in [-0.39, 0.29) is 17.4 Å². The van der Waals surface area contributed by atoms with Crippen molar-refractivity contribution in [1.82, 2.24) is 15.3 Å². The Bertz CT molecular complexity index is 892. The van der Waals surface area contributed by atoms with Gasteiger partial charge in [0.05, 0.1) is 0 Å². The van der Waals surface area contributed by atoms with Crippen LogP contribution in [0.5, 0.6) is 0 Å². The molecule has 146 valence electrons. The number of H-pyrrole nitrogens is 1.